The number of benzene rings is 1. The van der Waals surface area contributed by atoms with Crippen LogP contribution in [0.4, 0.5) is 4.39 Å². The van der Waals surface area contributed by atoms with E-state index in [9.17, 15) is 4.39 Å². The first-order valence-corrected chi connectivity index (χ1v) is 7.84. The van der Waals surface area contributed by atoms with Gasteiger partial charge < -0.3 is 5.32 Å². The topological polar surface area (TPSA) is 58.5 Å². The number of H-pyrrole nitrogens is 1. The van der Waals surface area contributed by atoms with Crippen molar-refractivity contribution in [3.63, 3.8) is 0 Å². The fraction of sp³-hybridized carbons (Fsp3) is 0.294. The Kier molecular flexibility index (Phi) is 3.67. The van der Waals surface area contributed by atoms with Gasteiger partial charge >= 0.3 is 0 Å². The summed E-state index contributed by atoms with van der Waals surface area (Å²) in [6.45, 7) is 0.740. The van der Waals surface area contributed by atoms with Crippen LogP contribution in [0.2, 0.25) is 0 Å². The zero-order valence-corrected chi connectivity index (χ0v) is 12.7. The number of aromatic nitrogens is 4. The molecule has 3 aromatic rings. The lowest BCUT2D eigenvalue weighted by Gasteiger charge is -2.22. The fourth-order valence-electron chi connectivity index (χ4n) is 3.09. The van der Waals surface area contributed by atoms with Gasteiger partial charge in [-0.3, -0.25) is 5.10 Å². The summed E-state index contributed by atoms with van der Waals surface area (Å²) in [7, 11) is 0. The average molecular weight is 311 g/mol. The summed E-state index contributed by atoms with van der Waals surface area (Å²) in [5.41, 5.74) is 4.48. The third-order valence-electron chi connectivity index (χ3n) is 4.32. The van der Waals surface area contributed by atoms with Crippen molar-refractivity contribution in [2.24, 2.45) is 0 Å². The van der Waals surface area contributed by atoms with Gasteiger partial charge in [0, 0.05) is 24.3 Å². The zero-order chi connectivity index (χ0) is 15.6. The predicted octanol–water partition coefficient (Wildman–Crippen LogP) is 2.90. The van der Waals surface area contributed by atoms with Crippen molar-refractivity contribution < 1.29 is 4.39 Å². The highest BCUT2D eigenvalue weighted by Gasteiger charge is 2.21. The minimum Gasteiger partial charge on any atom is -0.304 e. The van der Waals surface area contributed by atoms with Crippen LogP contribution in [0.3, 0.4) is 0 Å². The second kappa shape index (κ2) is 5.96. The quantitative estimate of drug-likeness (QED) is 0.779. The van der Waals surface area contributed by atoms with E-state index in [0.29, 0.717) is 6.04 Å². The molecule has 0 amide bonds. The number of aromatic amines is 1. The minimum atomic E-state index is -0.240. The van der Waals surface area contributed by atoms with Crippen molar-refractivity contribution in [3.05, 3.63) is 65.5 Å². The Morgan fingerprint density at radius 2 is 2.13 bits per heavy atom. The first kappa shape index (κ1) is 14.1. The highest BCUT2D eigenvalue weighted by molar-refractivity contribution is 5.31. The van der Waals surface area contributed by atoms with E-state index in [1.807, 2.05) is 18.6 Å². The van der Waals surface area contributed by atoms with Crippen LogP contribution >= 0.6 is 0 Å². The van der Waals surface area contributed by atoms with E-state index in [1.54, 1.807) is 16.8 Å². The molecule has 2 N–H and O–H groups in total. The molecule has 1 aliphatic carbocycles. The Hall–Kier alpha value is -2.47. The molecule has 2 aromatic heterocycles. The Morgan fingerprint density at radius 1 is 1.26 bits per heavy atom. The molecule has 5 nitrogen and oxygen atoms in total. The van der Waals surface area contributed by atoms with Gasteiger partial charge in [0.2, 0.25) is 0 Å². The van der Waals surface area contributed by atoms with Crippen LogP contribution in [0.1, 0.15) is 35.7 Å². The molecule has 6 heteroatoms. The molecule has 0 saturated heterocycles. The third kappa shape index (κ3) is 2.90. The van der Waals surface area contributed by atoms with Crippen LogP contribution in [0.15, 0.2) is 42.9 Å². The number of fused-ring (bicyclic) bond motifs is 1. The Bertz CT molecular complexity index is 789. The molecule has 118 valence electrons. The van der Waals surface area contributed by atoms with Crippen LogP contribution in [0.25, 0.3) is 5.69 Å². The van der Waals surface area contributed by atoms with Crippen molar-refractivity contribution in [2.75, 3.05) is 0 Å². The molecule has 0 saturated carbocycles. The molecule has 0 aliphatic heterocycles. The van der Waals surface area contributed by atoms with E-state index in [0.717, 1.165) is 30.6 Å². The summed E-state index contributed by atoms with van der Waals surface area (Å²) in [6, 6.07) is 6.64. The number of halogens is 1. The largest absolute Gasteiger partial charge is 0.304 e. The number of hydrogen-bond donors (Lipinski definition) is 2. The van der Waals surface area contributed by atoms with Gasteiger partial charge in [0.05, 0.1) is 23.8 Å². The number of nitrogens with zero attached hydrogens (tertiary/aromatic N) is 3. The smallest absolute Gasteiger partial charge is 0.123 e. The Morgan fingerprint density at radius 3 is 3.00 bits per heavy atom. The highest BCUT2D eigenvalue weighted by Crippen LogP contribution is 2.27. The van der Waals surface area contributed by atoms with Crippen LogP contribution < -0.4 is 5.32 Å². The molecule has 1 aromatic carbocycles. The molecule has 0 radical (unpaired) electrons. The first-order chi connectivity index (χ1) is 11.3. The van der Waals surface area contributed by atoms with Crippen LogP contribution in [0.5, 0.6) is 0 Å². The zero-order valence-electron chi connectivity index (χ0n) is 12.7. The summed E-state index contributed by atoms with van der Waals surface area (Å²) >= 11 is 0. The lowest BCUT2D eigenvalue weighted by atomic mass is 9.93. The Balaban J connectivity index is 1.44. The summed E-state index contributed by atoms with van der Waals surface area (Å²) in [5, 5.41) is 15.2. The molecular weight excluding hydrogens is 293 g/mol. The highest BCUT2D eigenvalue weighted by atomic mass is 19.1. The Labute approximate surface area is 133 Å². The molecule has 0 spiro atoms. The standard InChI is InChI=1S/C17H18FN5/c18-14-4-6-15(7-5-14)23-11-12(9-21-23)8-19-16-3-1-2-13-10-20-22-17(13)16/h4-7,9-11,16,19H,1-3,8H2,(H,20,22)/t16-/m1/s1. The number of rotatable bonds is 4. The molecule has 0 fully saturated rings. The van der Waals surface area contributed by atoms with Crippen molar-refractivity contribution in [2.45, 2.75) is 31.8 Å². The minimum absolute atomic E-state index is 0.240. The van der Waals surface area contributed by atoms with Gasteiger partial charge in [-0.2, -0.15) is 10.2 Å². The molecule has 23 heavy (non-hydrogen) atoms. The molecule has 0 unspecified atom stereocenters. The molecule has 4 rings (SSSR count). The van der Waals surface area contributed by atoms with E-state index >= 15 is 0 Å². The fourth-order valence-corrected chi connectivity index (χ4v) is 3.09. The monoisotopic (exact) mass is 311 g/mol. The lowest BCUT2D eigenvalue weighted by Crippen LogP contribution is -2.24. The molecule has 1 aliphatic rings. The van der Waals surface area contributed by atoms with Crippen LogP contribution in [-0.2, 0) is 13.0 Å². The van der Waals surface area contributed by atoms with Gasteiger partial charge in [-0.1, -0.05) is 0 Å². The van der Waals surface area contributed by atoms with Gasteiger partial charge in [0.15, 0.2) is 0 Å². The first-order valence-electron chi connectivity index (χ1n) is 7.84. The van der Waals surface area contributed by atoms with E-state index in [2.05, 4.69) is 20.6 Å². The van der Waals surface area contributed by atoms with Gasteiger partial charge in [-0.25, -0.2) is 9.07 Å². The van der Waals surface area contributed by atoms with Crippen LogP contribution in [-0.4, -0.2) is 20.0 Å². The number of hydrogen-bond acceptors (Lipinski definition) is 3. The van der Waals surface area contributed by atoms with Crippen molar-refractivity contribution in [1.82, 2.24) is 25.3 Å². The van der Waals surface area contributed by atoms with E-state index in [4.69, 9.17) is 0 Å². The maximum Gasteiger partial charge on any atom is 0.123 e. The van der Waals surface area contributed by atoms with Gasteiger partial charge in [0.1, 0.15) is 5.82 Å². The average Bonchev–Trinajstić information content (AvgIpc) is 3.23. The van der Waals surface area contributed by atoms with E-state index < -0.39 is 0 Å². The van der Waals surface area contributed by atoms with Crippen molar-refractivity contribution >= 4 is 0 Å². The van der Waals surface area contributed by atoms with Gasteiger partial charge in [-0.05, 0) is 49.1 Å². The van der Waals surface area contributed by atoms with E-state index in [-0.39, 0.29) is 5.82 Å². The normalized spacial score (nSPS) is 17.2. The second-order valence-corrected chi connectivity index (χ2v) is 5.90. The van der Waals surface area contributed by atoms with Gasteiger partial charge in [-0.15, -0.1) is 0 Å². The number of aryl methyl sites for hydroxylation is 1. The van der Waals surface area contributed by atoms with E-state index in [1.165, 1.54) is 29.8 Å². The van der Waals surface area contributed by atoms with Gasteiger partial charge in [0.25, 0.3) is 0 Å². The summed E-state index contributed by atoms with van der Waals surface area (Å²) in [4.78, 5) is 0. The molecule has 2 heterocycles. The summed E-state index contributed by atoms with van der Waals surface area (Å²) in [6.07, 6.45) is 9.13. The molecular formula is C17H18FN5. The summed E-state index contributed by atoms with van der Waals surface area (Å²) < 4.78 is 14.7. The molecule has 1 atom stereocenters. The predicted molar refractivity (Wildman–Crippen MR) is 84.6 cm³/mol. The maximum atomic E-state index is 13.0. The maximum absolute atomic E-state index is 13.0. The van der Waals surface area contributed by atoms with Crippen LogP contribution in [0, 0.1) is 5.82 Å². The lowest BCUT2D eigenvalue weighted by molar-refractivity contribution is 0.450. The second-order valence-electron chi connectivity index (χ2n) is 5.90. The number of nitrogens with one attached hydrogen (secondary N) is 2. The third-order valence-corrected chi connectivity index (χ3v) is 4.32. The van der Waals surface area contributed by atoms with Crippen molar-refractivity contribution in [1.29, 1.82) is 0 Å². The summed E-state index contributed by atoms with van der Waals surface area (Å²) in [5.74, 6) is -0.240. The SMILES string of the molecule is Fc1ccc(-n2cc(CN[C@@H]3CCCc4cn[nH]c43)cn2)cc1. The molecule has 0 bridgehead atoms. The van der Waals surface area contributed by atoms with Crippen molar-refractivity contribution in [3.8, 4) is 5.69 Å².